The molecule has 0 bridgehead atoms. The van der Waals surface area contributed by atoms with Crippen molar-refractivity contribution in [1.82, 2.24) is 10.2 Å². The molecule has 0 aromatic carbocycles. The molecule has 1 saturated carbocycles. The zero-order valence-electron chi connectivity index (χ0n) is 12.7. The average molecular weight is 252 g/mol. The molecular weight excluding hydrogens is 220 g/mol. The molecule has 18 heavy (non-hydrogen) atoms. The van der Waals surface area contributed by atoms with Crippen LogP contribution >= 0.6 is 0 Å². The Morgan fingerprint density at radius 1 is 1.11 bits per heavy atom. The van der Waals surface area contributed by atoms with Crippen molar-refractivity contribution in [3.63, 3.8) is 0 Å². The van der Waals surface area contributed by atoms with E-state index in [4.69, 9.17) is 0 Å². The second-order valence-electron chi connectivity index (χ2n) is 7.17. The Balaban J connectivity index is 1.86. The largest absolute Gasteiger partial charge is 0.316 e. The van der Waals surface area contributed by atoms with Gasteiger partial charge in [-0.2, -0.15) is 0 Å². The second kappa shape index (κ2) is 6.38. The van der Waals surface area contributed by atoms with Gasteiger partial charge in [0, 0.05) is 19.1 Å². The summed E-state index contributed by atoms with van der Waals surface area (Å²) in [6.45, 7) is 11.9. The Bertz CT molecular complexity index is 243. The van der Waals surface area contributed by atoms with Gasteiger partial charge < -0.3 is 5.32 Å². The van der Waals surface area contributed by atoms with E-state index < -0.39 is 0 Å². The van der Waals surface area contributed by atoms with Gasteiger partial charge in [-0.05, 0) is 50.1 Å². The standard InChI is InChI=1S/C16H32N2/c1-4-17-12-16(2,3)13-18-11-7-10-15(18)14-8-5-6-9-14/h14-15,17H,4-13H2,1-3H3. The summed E-state index contributed by atoms with van der Waals surface area (Å²) in [7, 11) is 0. The average Bonchev–Trinajstić information content (AvgIpc) is 2.95. The van der Waals surface area contributed by atoms with Crippen molar-refractivity contribution in [2.45, 2.75) is 65.3 Å². The minimum atomic E-state index is 0.414. The van der Waals surface area contributed by atoms with E-state index in [0.29, 0.717) is 5.41 Å². The van der Waals surface area contributed by atoms with E-state index in [-0.39, 0.29) is 0 Å². The van der Waals surface area contributed by atoms with Crippen LogP contribution in [0.1, 0.15) is 59.3 Å². The molecule has 2 rings (SSSR count). The summed E-state index contributed by atoms with van der Waals surface area (Å²) in [5, 5.41) is 3.52. The van der Waals surface area contributed by atoms with Gasteiger partial charge in [0.05, 0.1) is 0 Å². The maximum absolute atomic E-state index is 3.52. The lowest BCUT2D eigenvalue weighted by molar-refractivity contribution is 0.129. The van der Waals surface area contributed by atoms with Crippen LogP contribution in [0.5, 0.6) is 0 Å². The molecule has 1 aliphatic carbocycles. The normalized spacial score (nSPS) is 27.2. The zero-order chi connectivity index (χ0) is 13.0. The van der Waals surface area contributed by atoms with Crippen molar-refractivity contribution in [1.29, 1.82) is 0 Å². The van der Waals surface area contributed by atoms with Crippen molar-refractivity contribution in [3.05, 3.63) is 0 Å². The second-order valence-corrected chi connectivity index (χ2v) is 7.17. The van der Waals surface area contributed by atoms with E-state index in [2.05, 4.69) is 31.0 Å². The fourth-order valence-corrected chi connectivity index (χ4v) is 3.99. The lowest BCUT2D eigenvalue weighted by Crippen LogP contribution is -2.44. The SMILES string of the molecule is CCNCC(C)(C)CN1CCCC1C1CCCC1. The first-order chi connectivity index (χ1) is 8.62. The Kier molecular flexibility index (Phi) is 5.08. The van der Waals surface area contributed by atoms with Crippen LogP contribution in [-0.4, -0.2) is 37.1 Å². The van der Waals surface area contributed by atoms with E-state index in [1.54, 1.807) is 0 Å². The lowest BCUT2D eigenvalue weighted by atomic mass is 9.90. The van der Waals surface area contributed by atoms with Crippen LogP contribution in [0.4, 0.5) is 0 Å². The van der Waals surface area contributed by atoms with Crippen molar-refractivity contribution < 1.29 is 0 Å². The molecule has 0 aromatic heterocycles. The van der Waals surface area contributed by atoms with Crippen molar-refractivity contribution >= 4 is 0 Å². The molecule has 106 valence electrons. The van der Waals surface area contributed by atoms with Crippen LogP contribution in [0, 0.1) is 11.3 Å². The first-order valence-corrected chi connectivity index (χ1v) is 8.07. The van der Waals surface area contributed by atoms with Crippen LogP contribution in [-0.2, 0) is 0 Å². The molecule has 1 heterocycles. The highest BCUT2D eigenvalue weighted by atomic mass is 15.2. The van der Waals surface area contributed by atoms with Crippen molar-refractivity contribution in [2.24, 2.45) is 11.3 Å². The third kappa shape index (κ3) is 3.71. The Morgan fingerprint density at radius 3 is 2.50 bits per heavy atom. The topological polar surface area (TPSA) is 15.3 Å². The van der Waals surface area contributed by atoms with Crippen molar-refractivity contribution in [2.75, 3.05) is 26.2 Å². The Labute approximate surface area is 114 Å². The third-order valence-electron chi connectivity index (χ3n) is 4.84. The predicted octanol–water partition coefficient (Wildman–Crippen LogP) is 3.28. The number of hydrogen-bond acceptors (Lipinski definition) is 2. The molecule has 0 spiro atoms. The maximum Gasteiger partial charge on any atom is 0.0124 e. The summed E-state index contributed by atoms with van der Waals surface area (Å²) >= 11 is 0. The van der Waals surface area contributed by atoms with E-state index in [0.717, 1.165) is 25.0 Å². The van der Waals surface area contributed by atoms with Crippen LogP contribution in [0.2, 0.25) is 0 Å². The van der Waals surface area contributed by atoms with Gasteiger partial charge in [-0.1, -0.05) is 33.6 Å². The summed E-state index contributed by atoms with van der Waals surface area (Å²) in [6, 6.07) is 0.911. The lowest BCUT2D eigenvalue weighted by Gasteiger charge is -2.36. The van der Waals surface area contributed by atoms with Gasteiger partial charge in [-0.15, -0.1) is 0 Å². The van der Waals surface area contributed by atoms with Gasteiger partial charge in [-0.3, -0.25) is 4.90 Å². The number of likely N-dealkylation sites (tertiary alicyclic amines) is 1. The van der Waals surface area contributed by atoms with Crippen LogP contribution < -0.4 is 5.32 Å². The Morgan fingerprint density at radius 2 is 1.83 bits per heavy atom. The quantitative estimate of drug-likeness (QED) is 0.780. The molecular formula is C16H32N2. The van der Waals surface area contributed by atoms with Crippen LogP contribution in [0.15, 0.2) is 0 Å². The molecule has 0 radical (unpaired) electrons. The van der Waals surface area contributed by atoms with E-state index in [1.165, 1.54) is 51.6 Å². The summed E-state index contributed by atoms with van der Waals surface area (Å²) in [6.07, 6.45) is 8.84. The number of nitrogens with zero attached hydrogens (tertiary/aromatic N) is 1. The molecule has 1 N–H and O–H groups in total. The summed E-state index contributed by atoms with van der Waals surface area (Å²) in [5.74, 6) is 1.02. The first-order valence-electron chi connectivity index (χ1n) is 8.07. The van der Waals surface area contributed by atoms with E-state index in [9.17, 15) is 0 Å². The molecule has 0 aromatic rings. The molecule has 0 amide bonds. The van der Waals surface area contributed by atoms with E-state index >= 15 is 0 Å². The molecule has 1 saturated heterocycles. The van der Waals surface area contributed by atoms with Crippen LogP contribution in [0.25, 0.3) is 0 Å². The number of rotatable bonds is 6. The van der Waals surface area contributed by atoms with Gasteiger partial charge in [-0.25, -0.2) is 0 Å². The van der Waals surface area contributed by atoms with Gasteiger partial charge in [0.25, 0.3) is 0 Å². The monoisotopic (exact) mass is 252 g/mol. The molecule has 1 aliphatic heterocycles. The maximum atomic E-state index is 3.52. The molecule has 2 aliphatic rings. The predicted molar refractivity (Wildman–Crippen MR) is 78.9 cm³/mol. The van der Waals surface area contributed by atoms with Crippen molar-refractivity contribution in [3.8, 4) is 0 Å². The highest BCUT2D eigenvalue weighted by Gasteiger charge is 2.35. The molecule has 2 heteroatoms. The van der Waals surface area contributed by atoms with Crippen LogP contribution in [0.3, 0.4) is 0 Å². The minimum absolute atomic E-state index is 0.414. The summed E-state index contributed by atoms with van der Waals surface area (Å²) in [5.41, 5.74) is 0.414. The smallest absolute Gasteiger partial charge is 0.0124 e. The van der Waals surface area contributed by atoms with E-state index in [1.807, 2.05) is 0 Å². The number of hydrogen-bond donors (Lipinski definition) is 1. The zero-order valence-corrected chi connectivity index (χ0v) is 12.7. The Hall–Kier alpha value is -0.0800. The molecule has 1 atom stereocenters. The fraction of sp³-hybridized carbons (Fsp3) is 1.00. The molecule has 1 unspecified atom stereocenters. The molecule has 2 fully saturated rings. The first kappa shape index (κ1) is 14.3. The summed E-state index contributed by atoms with van der Waals surface area (Å²) < 4.78 is 0. The molecule has 2 nitrogen and oxygen atoms in total. The third-order valence-corrected chi connectivity index (χ3v) is 4.84. The highest BCUT2D eigenvalue weighted by molar-refractivity contribution is 4.90. The van der Waals surface area contributed by atoms with Gasteiger partial charge in [0.2, 0.25) is 0 Å². The van der Waals surface area contributed by atoms with Gasteiger partial charge in [0.15, 0.2) is 0 Å². The summed E-state index contributed by atoms with van der Waals surface area (Å²) in [4.78, 5) is 2.81. The highest BCUT2D eigenvalue weighted by Crippen LogP contribution is 2.36. The van der Waals surface area contributed by atoms with Gasteiger partial charge >= 0.3 is 0 Å². The number of nitrogens with one attached hydrogen (secondary N) is 1. The van der Waals surface area contributed by atoms with Gasteiger partial charge in [0.1, 0.15) is 0 Å². The minimum Gasteiger partial charge on any atom is -0.316 e. The fourth-order valence-electron chi connectivity index (χ4n) is 3.99.